The first-order valence-electron chi connectivity index (χ1n) is 7.97. The van der Waals surface area contributed by atoms with E-state index in [9.17, 15) is 14.4 Å². The zero-order valence-electron chi connectivity index (χ0n) is 14.5. The van der Waals surface area contributed by atoms with E-state index in [0.717, 1.165) is 0 Å². The van der Waals surface area contributed by atoms with Crippen LogP contribution in [-0.4, -0.2) is 67.9 Å². The maximum atomic E-state index is 12.1. The van der Waals surface area contributed by atoms with E-state index in [1.54, 1.807) is 13.8 Å². The fourth-order valence-electron chi connectivity index (χ4n) is 1.72. The van der Waals surface area contributed by atoms with Crippen molar-refractivity contribution in [2.24, 2.45) is 11.7 Å². The van der Waals surface area contributed by atoms with Gasteiger partial charge in [0.25, 0.3) is 0 Å². The highest BCUT2D eigenvalue weighted by Gasteiger charge is 2.26. The second-order valence-electron chi connectivity index (χ2n) is 5.62. The number of carboxylic acids is 1. The molecule has 0 aliphatic carbocycles. The maximum Gasteiger partial charge on any atom is 0.325 e. The second-order valence-corrected chi connectivity index (χ2v) is 5.62. The van der Waals surface area contributed by atoms with E-state index < -0.39 is 24.0 Å². The van der Waals surface area contributed by atoms with E-state index in [4.69, 9.17) is 20.3 Å². The number of carbonyl (C=O) groups excluding carboxylic acids is 2. The van der Waals surface area contributed by atoms with Crippen LogP contribution in [0.15, 0.2) is 0 Å². The minimum Gasteiger partial charge on any atom is -0.480 e. The molecule has 2 atom stereocenters. The normalized spacial score (nSPS) is 13.4. The number of aliphatic carboxylic acids is 1. The maximum absolute atomic E-state index is 12.1. The topological polar surface area (TPSA) is 140 Å². The predicted molar refractivity (Wildman–Crippen MR) is 87.3 cm³/mol. The first kappa shape index (κ1) is 22.3. The average molecular weight is 347 g/mol. The number of hydrogen-bond donors (Lipinski definition) is 4. The molecule has 2 amide bonds. The van der Waals surface area contributed by atoms with E-state index in [1.165, 1.54) is 6.92 Å². The van der Waals surface area contributed by atoms with Crippen LogP contribution in [0.2, 0.25) is 0 Å². The lowest BCUT2D eigenvalue weighted by atomic mass is 10.0. The largest absolute Gasteiger partial charge is 0.480 e. The lowest BCUT2D eigenvalue weighted by Gasteiger charge is -2.23. The van der Waals surface area contributed by atoms with Gasteiger partial charge in [0.15, 0.2) is 0 Å². The molecule has 24 heavy (non-hydrogen) atoms. The lowest BCUT2D eigenvalue weighted by Crippen LogP contribution is -2.53. The van der Waals surface area contributed by atoms with Crippen molar-refractivity contribution in [1.29, 1.82) is 0 Å². The van der Waals surface area contributed by atoms with Gasteiger partial charge >= 0.3 is 5.97 Å². The number of nitrogens with one attached hydrogen (secondary N) is 2. The van der Waals surface area contributed by atoms with Crippen LogP contribution >= 0.6 is 0 Å². The molecular weight excluding hydrogens is 318 g/mol. The Labute approximate surface area is 142 Å². The second kappa shape index (κ2) is 12.7. The van der Waals surface area contributed by atoms with Gasteiger partial charge in [0, 0.05) is 13.0 Å². The summed E-state index contributed by atoms with van der Waals surface area (Å²) in [6, 6.07) is -1.82. The van der Waals surface area contributed by atoms with Gasteiger partial charge in [-0.3, -0.25) is 14.4 Å². The Morgan fingerprint density at radius 3 is 2.08 bits per heavy atom. The van der Waals surface area contributed by atoms with Crippen LogP contribution in [0.4, 0.5) is 0 Å². The van der Waals surface area contributed by atoms with Crippen LogP contribution in [0.3, 0.4) is 0 Å². The zero-order valence-corrected chi connectivity index (χ0v) is 14.5. The standard InChI is InChI=1S/C15H29N3O6/c1-10(2)13(14(20)17-11(3)15(21)22)18-12(19)4-6-23-8-9-24-7-5-16/h10-11,13H,4-9,16H2,1-3H3,(H,17,20)(H,18,19)(H,21,22)/t11-,13-/m0/s1. The molecule has 0 saturated heterocycles. The van der Waals surface area contributed by atoms with Crippen molar-refractivity contribution in [2.75, 3.05) is 33.0 Å². The number of carboxylic acid groups (broad SMARTS) is 1. The summed E-state index contributed by atoms with van der Waals surface area (Å²) in [6.45, 7) is 6.77. The molecule has 0 heterocycles. The molecule has 5 N–H and O–H groups in total. The van der Waals surface area contributed by atoms with E-state index >= 15 is 0 Å². The van der Waals surface area contributed by atoms with E-state index in [1.807, 2.05) is 0 Å². The Hall–Kier alpha value is -1.71. The van der Waals surface area contributed by atoms with Crippen LogP contribution in [0.25, 0.3) is 0 Å². The molecule has 9 heteroatoms. The van der Waals surface area contributed by atoms with Gasteiger partial charge in [0.1, 0.15) is 12.1 Å². The molecular formula is C15H29N3O6. The van der Waals surface area contributed by atoms with Crippen LogP contribution in [0, 0.1) is 5.92 Å². The Morgan fingerprint density at radius 2 is 1.58 bits per heavy atom. The number of nitrogens with two attached hydrogens (primary N) is 1. The van der Waals surface area contributed by atoms with Gasteiger partial charge in [-0.15, -0.1) is 0 Å². The van der Waals surface area contributed by atoms with Crippen LogP contribution in [0.1, 0.15) is 27.2 Å². The highest BCUT2D eigenvalue weighted by atomic mass is 16.5. The van der Waals surface area contributed by atoms with Gasteiger partial charge in [-0.2, -0.15) is 0 Å². The summed E-state index contributed by atoms with van der Waals surface area (Å²) in [5.74, 6) is -2.18. The van der Waals surface area contributed by atoms with Crippen molar-refractivity contribution in [3.8, 4) is 0 Å². The highest BCUT2D eigenvalue weighted by molar-refractivity contribution is 5.90. The number of amides is 2. The summed E-state index contributed by atoms with van der Waals surface area (Å²) in [6.07, 6.45) is 0.0991. The van der Waals surface area contributed by atoms with Crippen LogP contribution in [0.5, 0.6) is 0 Å². The molecule has 0 bridgehead atoms. The molecule has 0 aliphatic heterocycles. The van der Waals surface area contributed by atoms with Gasteiger partial charge in [0.05, 0.1) is 26.4 Å². The third-order valence-corrected chi connectivity index (χ3v) is 3.10. The van der Waals surface area contributed by atoms with Gasteiger partial charge in [-0.05, 0) is 12.8 Å². The summed E-state index contributed by atoms with van der Waals surface area (Å²) in [5.41, 5.74) is 5.27. The summed E-state index contributed by atoms with van der Waals surface area (Å²) < 4.78 is 10.4. The van der Waals surface area contributed by atoms with Crippen LogP contribution < -0.4 is 16.4 Å². The van der Waals surface area contributed by atoms with Gasteiger partial charge < -0.3 is 30.9 Å². The molecule has 0 aliphatic rings. The minimum absolute atomic E-state index is 0.0991. The molecule has 0 rings (SSSR count). The van der Waals surface area contributed by atoms with Gasteiger partial charge in [-0.1, -0.05) is 13.8 Å². The smallest absolute Gasteiger partial charge is 0.325 e. The molecule has 0 aromatic heterocycles. The Morgan fingerprint density at radius 1 is 1.00 bits per heavy atom. The molecule has 9 nitrogen and oxygen atoms in total. The fraction of sp³-hybridized carbons (Fsp3) is 0.800. The zero-order chi connectivity index (χ0) is 18.5. The van der Waals surface area contributed by atoms with E-state index in [0.29, 0.717) is 26.4 Å². The summed E-state index contributed by atoms with van der Waals surface area (Å²) in [7, 11) is 0. The van der Waals surface area contributed by atoms with Crippen molar-refractivity contribution < 1.29 is 29.0 Å². The summed E-state index contributed by atoms with van der Waals surface area (Å²) in [4.78, 5) is 34.7. The third-order valence-electron chi connectivity index (χ3n) is 3.10. The van der Waals surface area contributed by atoms with Gasteiger partial charge in [0.2, 0.25) is 11.8 Å². The molecule has 0 fully saturated rings. The predicted octanol–water partition coefficient (Wildman–Crippen LogP) is -0.901. The molecule has 0 saturated carbocycles. The molecule has 0 aromatic rings. The highest BCUT2D eigenvalue weighted by Crippen LogP contribution is 2.03. The monoisotopic (exact) mass is 347 g/mol. The van der Waals surface area contributed by atoms with Crippen molar-refractivity contribution in [3.05, 3.63) is 0 Å². The minimum atomic E-state index is -1.14. The van der Waals surface area contributed by atoms with Crippen LogP contribution in [-0.2, 0) is 23.9 Å². The van der Waals surface area contributed by atoms with Gasteiger partial charge in [-0.25, -0.2) is 0 Å². The molecule has 0 spiro atoms. The first-order valence-corrected chi connectivity index (χ1v) is 7.97. The third kappa shape index (κ3) is 10.1. The molecule has 0 unspecified atom stereocenters. The lowest BCUT2D eigenvalue weighted by molar-refractivity contribution is -0.142. The Bertz CT molecular complexity index is 403. The van der Waals surface area contributed by atoms with Crippen molar-refractivity contribution in [1.82, 2.24) is 10.6 Å². The van der Waals surface area contributed by atoms with Crippen molar-refractivity contribution in [2.45, 2.75) is 39.3 Å². The Kier molecular flexibility index (Phi) is 11.8. The summed E-state index contributed by atoms with van der Waals surface area (Å²) >= 11 is 0. The van der Waals surface area contributed by atoms with E-state index in [2.05, 4.69) is 10.6 Å². The molecule has 0 radical (unpaired) electrons. The molecule has 0 aromatic carbocycles. The quantitative estimate of drug-likeness (QED) is 0.316. The molecule has 140 valence electrons. The Balaban J connectivity index is 4.15. The summed E-state index contributed by atoms with van der Waals surface area (Å²) in [5, 5.41) is 13.8. The first-order chi connectivity index (χ1) is 11.3. The number of carbonyl (C=O) groups is 3. The number of ether oxygens (including phenoxy) is 2. The fourth-order valence-corrected chi connectivity index (χ4v) is 1.72. The average Bonchev–Trinajstić information content (AvgIpc) is 2.51. The van der Waals surface area contributed by atoms with E-state index in [-0.39, 0.29) is 24.9 Å². The van der Waals surface area contributed by atoms with Crippen molar-refractivity contribution >= 4 is 17.8 Å². The SMILES string of the molecule is CC(C)[C@H](NC(=O)CCOCCOCCN)C(=O)N[C@@H](C)C(=O)O. The number of hydrogen-bond acceptors (Lipinski definition) is 6. The number of rotatable bonds is 13. The van der Waals surface area contributed by atoms with Crippen molar-refractivity contribution in [3.63, 3.8) is 0 Å².